The minimum atomic E-state index is 0.248. The number of rotatable bonds is 1. The Bertz CT molecular complexity index is 268. The monoisotopic (exact) mass is 195 g/mol. The Morgan fingerprint density at radius 2 is 2.38 bits per heavy atom. The van der Waals surface area contributed by atoms with Gasteiger partial charge in [0, 0.05) is 11.5 Å². The molecule has 0 aliphatic heterocycles. The normalized spacial score (nSPS) is 34.8. The summed E-state index contributed by atoms with van der Waals surface area (Å²) in [4.78, 5) is 0. The van der Waals surface area contributed by atoms with E-state index < -0.39 is 0 Å². The van der Waals surface area contributed by atoms with Gasteiger partial charge in [-0.05, 0) is 35.2 Å². The molecule has 13 heavy (non-hydrogen) atoms. The van der Waals surface area contributed by atoms with Gasteiger partial charge in [-0.2, -0.15) is 11.3 Å². The first-order chi connectivity index (χ1) is 6.23. The Hall–Kier alpha value is -0.340. The zero-order valence-corrected chi connectivity index (χ0v) is 8.94. The SMILES string of the molecule is C[C@@]1(c2ccsc2)CCCC[C@@H]1N. The van der Waals surface area contributed by atoms with Gasteiger partial charge in [0.2, 0.25) is 0 Å². The highest BCUT2D eigenvalue weighted by atomic mass is 32.1. The maximum Gasteiger partial charge on any atom is 0.0134 e. The van der Waals surface area contributed by atoms with Crippen molar-refractivity contribution in [2.24, 2.45) is 5.73 Å². The first-order valence-corrected chi connectivity index (χ1v) is 5.96. The molecule has 0 amide bonds. The van der Waals surface area contributed by atoms with Crippen molar-refractivity contribution in [3.63, 3.8) is 0 Å². The predicted octanol–water partition coefficient (Wildman–Crippen LogP) is 2.91. The highest BCUT2D eigenvalue weighted by Crippen LogP contribution is 2.38. The fraction of sp³-hybridized carbons (Fsp3) is 0.636. The van der Waals surface area contributed by atoms with E-state index in [2.05, 4.69) is 23.8 Å². The fourth-order valence-electron chi connectivity index (χ4n) is 2.31. The van der Waals surface area contributed by atoms with Gasteiger partial charge < -0.3 is 5.73 Å². The molecular formula is C11H17NS. The van der Waals surface area contributed by atoms with Crippen molar-refractivity contribution in [3.05, 3.63) is 22.4 Å². The lowest BCUT2D eigenvalue weighted by molar-refractivity contribution is 0.272. The maximum atomic E-state index is 6.21. The van der Waals surface area contributed by atoms with Crippen molar-refractivity contribution in [1.82, 2.24) is 0 Å². The number of nitrogens with two attached hydrogens (primary N) is 1. The van der Waals surface area contributed by atoms with Crippen LogP contribution in [0.25, 0.3) is 0 Å². The lowest BCUT2D eigenvalue weighted by atomic mass is 9.69. The van der Waals surface area contributed by atoms with Gasteiger partial charge in [-0.25, -0.2) is 0 Å². The summed E-state index contributed by atoms with van der Waals surface area (Å²) in [5.74, 6) is 0. The average molecular weight is 195 g/mol. The van der Waals surface area contributed by atoms with Crippen LogP contribution < -0.4 is 5.73 Å². The van der Waals surface area contributed by atoms with Gasteiger partial charge in [0.1, 0.15) is 0 Å². The summed E-state index contributed by atoms with van der Waals surface area (Å²) in [5, 5.41) is 4.41. The Kier molecular flexibility index (Phi) is 2.43. The third kappa shape index (κ3) is 1.53. The average Bonchev–Trinajstić information content (AvgIpc) is 2.63. The number of hydrogen-bond donors (Lipinski definition) is 1. The molecule has 0 saturated heterocycles. The van der Waals surface area contributed by atoms with Crippen molar-refractivity contribution in [2.75, 3.05) is 0 Å². The standard InChI is InChI=1S/C11H17NS/c1-11(9-5-7-13-8-9)6-3-2-4-10(11)12/h5,7-8,10H,2-4,6,12H2,1H3/t10-,11-/m0/s1. The van der Waals surface area contributed by atoms with E-state index in [-0.39, 0.29) is 5.41 Å². The topological polar surface area (TPSA) is 26.0 Å². The van der Waals surface area contributed by atoms with Crippen LogP contribution in [0.15, 0.2) is 16.8 Å². The third-order valence-electron chi connectivity index (χ3n) is 3.46. The van der Waals surface area contributed by atoms with Crippen molar-refractivity contribution < 1.29 is 0 Å². The van der Waals surface area contributed by atoms with Crippen LogP contribution in [-0.2, 0) is 5.41 Å². The van der Waals surface area contributed by atoms with Crippen LogP contribution in [0, 0.1) is 0 Å². The van der Waals surface area contributed by atoms with Gasteiger partial charge in [0.15, 0.2) is 0 Å². The Morgan fingerprint density at radius 1 is 1.54 bits per heavy atom. The molecule has 2 heteroatoms. The Balaban J connectivity index is 2.27. The first kappa shape index (κ1) is 9.22. The zero-order valence-electron chi connectivity index (χ0n) is 8.12. The maximum absolute atomic E-state index is 6.21. The highest BCUT2D eigenvalue weighted by molar-refractivity contribution is 7.08. The largest absolute Gasteiger partial charge is 0.327 e. The van der Waals surface area contributed by atoms with E-state index in [0.717, 1.165) is 0 Å². The molecule has 72 valence electrons. The van der Waals surface area contributed by atoms with E-state index in [4.69, 9.17) is 5.73 Å². The second-order valence-electron chi connectivity index (χ2n) is 4.28. The van der Waals surface area contributed by atoms with Crippen LogP contribution in [0.4, 0.5) is 0 Å². The molecule has 1 aliphatic rings. The van der Waals surface area contributed by atoms with Gasteiger partial charge in [-0.15, -0.1) is 0 Å². The van der Waals surface area contributed by atoms with Gasteiger partial charge in [-0.1, -0.05) is 19.8 Å². The van der Waals surface area contributed by atoms with E-state index in [1.54, 1.807) is 11.3 Å². The van der Waals surface area contributed by atoms with E-state index >= 15 is 0 Å². The Morgan fingerprint density at radius 3 is 3.00 bits per heavy atom. The van der Waals surface area contributed by atoms with Crippen molar-refractivity contribution >= 4 is 11.3 Å². The number of hydrogen-bond acceptors (Lipinski definition) is 2. The second kappa shape index (κ2) is 3.43. The van der Waals surface area contributed by atoms with E-state index in [1.807, 2.05) is 0 Å². The molecule has 1 aromatic rings. The van der Waals surface area contributed by atoms with E-state index in [0.29, 0.717) is 6.04 Å². The van der Waals surface area contributed by atoms with Crippen LogP contribution in [0.2, 0.25) is 0 Å². The lowest BCUT2D eigenvalue weighted by Gasteiger charge is -2.39. The molecule has 2 atom stereocenters. The summed E-state index contributed by atoms with van der Waals surface area (Å²) < 4.78 is 0. The van der Waals surface area contributed by atoms with E-state index in [1.165, 1.54) is 31.2 Å². The van der Waals surface area contributed by atoms with Gasteiger partial charge >= 0.3 is 0 Å². The summed E-state index contributed by atoms with van der Waals surface area (Å²) in [5.41, 5.74) is 7.91. The van der Waals surface area contributed by atoms with Crippen LogP contribution in [0.3, 0.4) is 0 Å². The molecule has 0 radical (unpaired) electrons. The molecular weight excluding hydrogens is 178 g/mol. The summed E-state index contributed by atoms with van der Waals surface area (Å²) in [6, 6.07) is 2.59. The molecule has 0 spiro atoms. The minimum absolute atomic E-state index is 0.248. The lowest BCUT2D eigenvalue weighted by Crippen LogP contribution is -2.45. The van der Waals surface area contributed by atoms with Crippen LogP contribution in [-0.4, -0.2) is 6.04 Å². The van der Waals surface area contributed by atoms with E-state index in [9.17, 15) is 0 Å². The molecule has 1 nitrogen and oxygen atoms in total. The molecule has 0 aromatic carbocycles. The van der Waals surface area contributed by atoms with Gasteiger partial charge in [0.05, 0.1) is 0 Å². The molecule has 0 unspecified atom stereocenters. The molecule has 1 fully saturated rings. The summed E-state index contributed by atoms with van der Waals surface area (Å²) >= 11 is 1.78. The minimum Gasteiger partial charge on any atom is -0.327 e. The summed E-state index contributed by atoms with van der Waals surface area (Å²) in [6.45, 7) is 2.32. The molecule has 2 rings (SSSR count). The molecule has 1 aliphatic carbocycles. The molecule has 1 heterocycles. The van der Waals surface area contributed by atoms with Gasteiger partial charge in [-0.3, -0.25) is 0 Å². The smallest absolute Gasteiger partial charge is 0.0134 e. The first-order valence-electron chi connectivity index (χ1n) is 5.02. The zero-order chi connectivity index (χ0) is 9.31. The molecule has 0 bridgehead atoms. The summed E-state index contributed by atoms with van der Waals surface area (Å²) in [7, 11) is 0. The fourth-order valence-corrected chi connectivity index (χ4v) is 3.11. The molecule has 2 N–H and O–H groups in total. The van der Waals surface area contributed by atoms with Crippen LogP contribution >= 0.6 is 11.3 Å². The Labute approximate surface area is 84.0 Å². The summed E-state index contributed by atoms with van der Waals surface area (Å²) in [6.07, 6.45) is 5.08. The van der Waals surface area contributed by atoms with Crippen molar-refractivity contribution in [2.45, 2.75) is 44.1 Å². The van der Waals surface area contributed by atoms with Crippen molar-refractivity contribution in [1.29, 1.82) is 0 Å². The molecule has 1 saturated carbocycles. The number of thiophene rings is 1. The molecule has 1 aromatic heterocycles. The van der Waals surface area contributed by atoms with Crippen molar-refractivity contribution in [3.8, 4) is 0 Å². The highest BCUT2D eigenvalue weighted by Gasteiger charge is 2.35. The predicted molar refractivity (Wildman–Crippen MR) is 58.1 cm³/mol. The second-order valence-corrected chi connectivity index (χ2v) is 5.06. The van der Waals surface area contributed by atoms with Gasteiger partial charge in [0.25, 0.3) is 0 Å². The third-order valence-corrected chi connectivity index (χ3v) is 4.14. The van der Waals surface area contributed by atoms with Crippen LogP contribution in [0.5, 0.6) is 0 Å². The quantitative estimate of drug-likeness (QED) is 0.732. The van der Waals surface area contributed by atoms with Crippen LogP contribution in [0.1, 0.15) is 38.2 Å².